The summed E-state index contributed by atoms with van der Waals surface area (Å²) in [5.41, 5.74) is 2.38. The van der Waals surface area contributed by atoms with Crippen molar-refractivity contribution in [3.05, 3.63) is 58.6 Å². The molecule has 0 radical (unpaired) electrons. The standard InChI is InChI=1S/C15H12N4O2S/c1-22-15(17-10-16)18-14-5-3-2-4-13(14)11-6-8-12(9-7-11)19(20)21/h2-9H,1H3,(H,17,18). The first kappa shape index (κ1) is 15.5. The van der Waals surface area contributed by atoms with E-state index < -0.39 is 4.92 Å². The second-order valence-corrected chi connectivity index (χ2v) is 4.97. The predicted molar refractivity (Wildman–Crippen MR) is 87.9 cm³/mol. The molecule has 0 spiro atoms. The Labute approximate surface area is 131 Å². The van der Waals surface area contributed by atoms with Crippen LogP contribution in [-0.4, -0.2) is 16.3 Å². The lowest BCUT2D eigenvalue weighted by Gasteiger charge is -2.07. The highest BCUT2D eigenvalue weighted by Crippen LogP contribution is 2.31. The number of nitro groups is 1. The number of non-ortho nitro benzene ring substituents is 1. The van der Waals surface area contributed by atoms with E-state index in [4.69, 9.17) is 5.26 Å². The summed E-state index contributed by atoms with van der Waals surface area (Å²) in [6.45, 7) is 0. The Balaban J connectivity index is 2.44. The molecule has 6 nitrogen and oxygen atoms in total. The SMILES string of the molecule is CSC(=Nc1ccccc1-c1ccc([N+](=O)[O-])cc1)NC#N. The molecule has 2 aromatic carbocycles. The van der Waals surface area contributed by atoms with Gasteiger partial charge in [0, 0.05) is 17.7 Å². The molecule has 0 aliphatic heterocycles. The van der Waals surface area contributed by atoms with Gasteiger partial charge in [0.05, 0.1) is 10.6 Å². The topological polar surface area (TPSA) is 91.3 Å². The Kier molecular flexibility index (Phi) is 5.11. The minimum absolute atomic E-state index is 0.0423. The average molecular weight is 312 g/mol. The highest BCUT2D eigenvalue weighted by atomic mass is 32.2. The molecule has 0 unspecified atom stereocenters. The largest absolute Gasteiger partial charge is 0.271 e. The van der Waals surface area contributed by atoms with Crippen LogP contribution in [0, 0.1) is 21.6 Å². The van der Waals surface area contributed by atoms with Crippen LogP contribution in [0.5, 0.6) is 0 Å². The lowest BCUT2D eigenvalue weighted by Crippen LogP contribution is -2.12. The maximum absolute atomic E-state index is 10.7. The summed E-state index contributed by atoms with van der Waals surface area (Å²) in [5.74, 6) is 0. The van der Waals surface area contributed by atoms with Crippen LogP contribution in [0.4, 0.5) is 11.4 Å². The summed E-state index contributed by atoms with van der Waals surface area (Å²) < 4.78 is 0. The lowest BCUT2D eigenvalue weighted by molar-refractivity contribution is -0.384. The number of hydrogen-bond acceptors (Lipinski definition) is 5. The maximum atomic E-state index is 10.7. The van der Waals surface area contributed by atoms with Gasteiger partial charge in [-0.25, -0.2) is 4.99 Å². The zero-order chi connectivity index (χ0) is 15.9. The van der Waals surface area contributed by atoms with Crippen LogP contribution in [-0.2, 0) is 0 Å². The highest BCUT2D eigenvalue weighted by Gasteiger charge is 2.08. The molecule has 0 aliphatic carbocycles. The third kappa shape index (κ3) is 3.62. The number of nitrogens with zero attached hydrogens (tertiary/aromatic N) is 3. The number of hydrogen-bond donors (Lipinski definition) is 1. The monoisotopic (exact) mass is 312 g/mol. The van der Waals surface area contributed by atoms with Crippen molar-refractivity contribution in [2.75, 3.05) is 6.26 Å². The molecule has 110 valence electrons. The third-order valence-electron chi connectivity index (χ3n) is 2.87. The van der Waals surface area contributed by atoms with Gasteiger partial charge in [-0.05, 0) is 30.0 Å². The van der Waals surface area contributed by atoms with E-state index in [-0.39, 0.29) is 5.69 Å². The lowest BCUT2D eigenvalue weighted by atomic mass is 10.0. The van der Waals surface area contributed by atoms with Crippen LogP contribution in [0.15, 0.2) is 53.5 Å². The van der Waals surface area contributed by atoms with Crippen molar-refractivity contribution < 1.29 is 4.92 Å². The van der Waals surface area contributed by atoms with Crippen LogP contribution in [0.1, 0.15) is 0 Å². The molecule has 0 fully saturated rings. The highest BCUT2D eigenvalue weighted by molar-refractivity contribution is 8.13. The zero-order valence-corrected chi connectivity index (χ0v) is 12.5. The number of aliphatic imine (C=N–C) groups is 1. The van der Waals surface area contributed by atoms with Crippen LogP contribution in [0.2, 0.25) is 0 Å². The third-order valence-corrected chi connectivity index (χ3v) is 3.45. The van der Waals surface area contributed by atoms with E-state index in [1.807, 2.05) is 36.7 Å². The second kappa shape index (κ2) is 7.24. The molecule has 1 N–H and O–H groups in total. The number of nitro benzene ring substituents is 1. The summed E-state index contributed by atoms with van der Waals surface area (Å²) in [7, 11) is 0. The van der Waals surface area contributed by atoms with Gasteiger partial charge in [-0.15, -0.1) is 0 Å². The Bertz CT molecular complexity index is 751. The van der Waals surface area contributed by atoms with Crippen LogP contribution in [0.3, 0.4) is 0 Å². The number of thioether (sulfide) groups is 1. The maximum Gasteiger partial charge on any atom is 0.269 e. The van der Waals surface area contributed by atoms with Crippen molar-refractivity contribution in [1.82, 2.24) is 5.32 Å². The molecule has 0 heterocycles. The molecule has 0 amide bonds. The Morgan fingerprint density at radius 2 is 1.95 bits per heavy atom. The predicted octanol–water partition coefficient (Wildman–Crippen LogP) is 3.68. The second-order valence-electron chi connectivity index (χ2n) is 4.18. The fraction of sp³-hybridized carbons (Fsp3) is 0.0667. The molecule has 0 aliphatic rings. The van der Waals surface area contributed by atoms with E-state index in [0.29, 0.717) is 10.9 Å². The van der Waals surface area contributed by atoms with Gasteiger partial charge in [-0.1, -0.05) is 30.0 Å². The molecule has 2 rings (SSSR count). The van der Waals surface area contributed by atoms with E-state index in [2.05, 4.69) is 10.3 Å². The van der Waals surface area contributed by atoms with E-state index >= 15 is 0 Å². The van der Waals surface area contributed by atoms with Crippen molar-refractivity contribution in [1.29, 1.82) is 5.26 Å². The molecular formula is C15H12N4O2S. The van der Waals surface area contributed by atoms with Gasteiger partial charge >= 0.3 is 0 Å². The van der Waals surface area contributed by atoms with Gasteiger partial charge in [0.1, 0.15) is 0 Å². The van der Waals surface area contributed by atoms with Crippen molar-refractivity contribution in [3.63, 3.8) is 0 Å². The number of benzene rings is 2. The first-order chi connectivity index (χ1) is 10.7. The van der Waals surface area contributed by atoms with Gasteiger partial charge in [0.2, 0.25) is 0 Å². The molecule has 7 heteroatoms. The van der Waals surface area contributed by atoms with Gasteiger partial charge in [-0.2, -0.15) is 5.26 Å². The minimum atomic E-state index is -0.434. The van der Waals surface area contributed by atoms with Crippen molar-refractivity contribution in [2.45, 2.75) is 0 Å². The fourth-order valence-electron chi connectivity index (χ4n) is 1.86. The summed E-state index contributed by atoms with van der Waals surface area (Å²) >= 11 is 1.33. The number of rotatable bonds is 3. The number of amidine groups is 1. The van der Waals surface area contributed by atoms with Crippen LogP contribution in [0.25, 0.3) is 11.1 Å². The van der Waals surface area contributed by atoms with E-state index in [0.717, 1.165) is 11.1 Å². The number of para-hydroxylation sites is 1. The molecule has 0 bridgehead atoms. The number of nitrogens with one attached hydrogen (secondary N) is 1. The average Bonchev–Trinajstić information content (AvgIpc) is 2.55. The molecule has 0 saturated heterocycles. The van der Waals surface area contributed by atoms with Crippen molar-refractivity contribution in [2.24, 2.45) is 4.99 Å². The quantitative estimate of drug-likeness (QED) is 0.233. The molecule has 0 aromatic heterocycles. The summed E-state index contributed by atoms with van der Waals surface area (Å²) in [6.07, 6.45) is 3.66. The molecule has 2 aromatic rings. The number of nitriles is 1. The van der Waals surface area contributed by atoms with Crippen LogP contribution >= 0.6 is 11.8 Å². The Hall–Kier alpha value is -2.85. The molecule has 0 atom stereocenters. The molecule has 0 saturated carbocycles. The smallest absolute Gasteiger partial charge is 0.269 e. The normalized spacial score (nSPS) is 10.8. The van der Waals surface area contributed by atoms with Gasteiger partial charge < -0.3 is 0 Å². The summed E-state index contributed by atoms with van der Waals surface area (Å²) in [6, 6.07) is 13.7. The van der Waals surface area contributed by atoms with E-state index in [1.165, 1.54) is 23.9 Å². The fourth-order valence-corrected chi connectivity index (χ4v) is 2.20. The minimum Gasteiger partial charge on any atom is -0.271 e. The molecular weight excluding hydrogens is 300 g/mol. The summed E-state index contributed by atoms with van der Waals surface area (Å²) in [5, 5.41) is 22.4. The van der Waals surface area contributed by atoms with Crippen molar-refractivity contribution in [3.8, 4) is 17.3 Å². The van der Waals surface area contributed by atoms with Gasteiger partial charge in [0.25, 0.3) is 5.69 Å². The first-order valence-corrected chi connectivity index (χ1v) is 7.50. The van der Waals surface area contributed by atoms with Crippen molar-refractivity contribution >= 4 is 28.3 Å². The Morgan fingerprint density at radius 3 is 2.55 bits per heavy atom. The summed E-state index contributed by atoms with van der Waals surface area (Å²) in [4.78, 5) is 14.7. The zero-order valence-electron chi connectivity index (χ0n) is 11.7. The van der Waals surface area contributed by atoms with E-state index in [9.17, 15) is 10.1 Å². The van der Waals surface area contributed by atoms with Crippen LogP contribution < -0.4 is 5.32 Å². The van der Waals surface area contributed by atoms with Gasteiger partial charge in [-0.3, -0.25) is 15.4 Å². The Morgan fingerprint density at radius 1 is 1.27 bits per heavy atom. The molecule has 22 heavy (non-hydrogen) atoms. The van der Waals surface area contributed by atoms with E-state index in [1.54, 1.807) is 12.1 Å². The first-order valence-electron chi connectivity index (χ1n) is 6.27. The van der Waals surface area contributed by atoms with Gasteiger partial charge in [0.15, 0.2) is 11.4 Å².